The van der Waals surface area contributed by atoms with E-state index in [-0.39, 0.29) is 11.0 Å². The molecule has 0 saturated heterocycles. The average molecular weight is 141 g/mol. The van der Waals surface area contributed by atoms with Gasteiger partial charge in [-0.05, 0) is 17.4 Å². The van der Waals surface area contributed by atoms with Crippen molar-refractivity contribution in [3.8, 4) is 0 Å². The molecular weight excluding hydrogens is 128 g/mol. The third kappa shape index (κ3) is 4.13. The van der Waals surface area contributed by atoms with Gasteiger partial charge in [-0.25, -0.2) is 0 Å². The summed E-state index contributed by atoms with van der Waals surface area (Å²) in [7, 11) is 0. The summed E-state index contributed by atoms with van der Waals surface area (Å²) in [4.78, 5) is 10.2. The lowest BCUT2D eigenvalue weighted by Gasteiger charge is -2.19. The van der Waals surface area contributed by atoms with Crippen molar-refractivity contribution in [2.45, 2.75) is 27.2 Å². The number of aliphatic carboxylic acids is 1. The summed E-state index contributed by atoms with van der Waals surface area (Å²) in [6.45, 7) is 9.26. The smallest absolute Gasteiger partial charge is 0.0669 e. The van der Waals surface area contributed by atoms with E-state index in [1.165, 1.54) is 0 Å². The fourth-order valence-electron chi connectivity index (χ4n) is 0.712. The van der Waals surface area contributed by atoms with Crippen LogP contribution in [0.15, 0.2) is 12.2 Å². The maximum absolute atomic E-state index is 10.2. The topological polar surface area (TPSA) is 40.1 Å². The number of carboxylic acid groups (broad SMARTS) is 1. The van der Waals surface area contributed by atoms with E-state index in [1.807, 2.05) is 20.8 Å². The average Bonchev–Trinajstić information content (AvgIpc) is 1.60. The zero-order valence-corrected chi connectivity index (χ0v) is 6.73. The van der Waals surface area contributed by atoms with E-state index < -0.39 is 5.97 Å². The van der Waals surface area contributed by atoms with Crippen LogP contribution in [-0.4, -0.2) is 5.97 Å². The van der Waals surface area contributed by atoms with E-state index in [1.54, 1.807) is 0 Å². The third-order valence-corrected chi connectivity index (χ3v) is 1.03. The van der Waals surface area contributed by atoms with Crippen LogP contribution >= 0.6 is 0 Å². The van der Waals surface area contributed by atoms with Crippen LogP contribution in [0.5, 0.6) is 0 Å². The van der Waals surface area contributed by atoms with Crippen molar-refractivity contribution >= 4 is 5.97 Å². The second kappa shape index (κ2) is 2.86. The molecule has 0 aromatic rings. The molecule has 2 heteroatoms. The van der Waals surface area contributed by atoms with Crippen LogP contribution in [0.4, 0.5) is 0 Å². The van der Waals surface area contributed by atoms with E-state index in [9.17, 15) is 9.90 Å². The first-order valence-corrected chi connectivity index (χ1v) is 3.22. The Balaban J connectivity index is 3.93. The standard InChI is InChI=1S/C8H14O2/c1-6(7(9)10)5-8(2,3)4/h1,5H2,2-4H3,(H,9,10)/p-1. The van der Waals surface area contributed by atoms with Crippen molar-refractivity contribution in [1.29, 1.82) is 0 Å². The fourth-order valence-corrected chi connectivity index (χ4v) is 0.712. The summed E-state index contributed by atoms with van der Waals surface area (Å²) in [5.41, 5.74) is 0.157. The highest BCUT2D eigenvalue weighted by Gasteiger charge is 2.11. The molecule has 0 rings (SSSR count). The Morgan fingerprint density at radius 1 is 1.50 bits per heavy atom. The van der Waals surface area contributed by atoms with Crippen molar-refractivity contribution in [3.63, 3.8) is 0 Å². The van der Waals surface area contributed by atoms with Crippen molar-refractivity contribution in [2.75, 3.05) is 0 Å². The molecule has 0 aliphatic rings. The molecule has 0 bridgehead atoms. The number of carboxylic acids is 1. The number of carbonyl (C=O) groups excluding carboxylic acids is 1. The molecule has 2 nitrogen and oxygen atoms in total. The van der Waals surface area contributed by atoms with Gasteiger partial charge in [-0.3, -0.25) is 0 Å². The molecule has 0 atom stereocenters. The van der Waals surface area contributed by atoms with Gasteiger partial charge in [-0.2, -0.15) is 0 Å². The van der Waals surface area contributed by atoms with E-state index in [0.717, 1.165) is 0 Å². The van der Waals surface area contributed by atoms with Gasteiger partial charge in [-0.1, -0.05) is 27.4 Å². The lowest BCUT2D eigenvalue weighted by molar-refractivity contribution is -0.299. The highest BCUT2D eigenvalue weighted by Crippen LogP contribution is 2.22. The van der Waals surface area contributed by atoms with Gasteiger partial charge in [0.25, 0.3) is 0 Å². The first-order valence-electron chi connectivity index (χ1n) is 3.22. The van der Waals surface area contributed by atoms with Gasteiger partial charge in [0.1, 0.15) is 0 Å². The van der Waals surface area contributed by atoms with Gasteiger partial charge in [0.05, 0.1) is 5.97 Å². The van der Waals surface area contributed by atoms with Gasteiger partial charge < -0.3 is 9.90 Å². The highest BCUT2D eigenvalue weighted by molar-refractivity contribution is 5.83. The first kappa shape index (κ1) is 9.21. The van der Waals surface area contributed by atoms with Crippen molar-refractivity contribution < 1.29 is 9.90 Å². The quantitative estimate of drug-likeness (QED) is 0.532. The molecule has 0 amide bonds. The Labute approximate surface area is 61.6 Å². The van der Waals surface area contributed by atoms with Gasteiger partial charge in [0.15, 0.2) is 0 Å². The molecule has 0 N–H and O–H groups in total. The largest absolute Gasteiger partial charge is 0.545 e. The Morgan fingerprint density at radius 2 is 1.90 bits per heavy atom. The molecule has 0 aliphatic heterocycles. The molecule has 58 valence electrons. The molecule has 0 unspecified atom stereocenters. The van der Waals surface area contributed by atoms with E-state index in [2.05, 4.69) is 6.58 Å². The summed E-state index contributed by atoms with van der Waals surface area (Å²) >= 11 is 0. The number of rotatable bonds is 2. The molecule has 0 aromatic carbocycles. The molecular formula is C8H13O2-. The predicted octanol–water partition coefficient (Wildman–Crippen LogP) is 0.729. The minimum atomic E-state index is -1.14. The Kier molecular flexibility index (Phi) is 2.64. The van der Waals surface area contributed by atoms with E-state index in [4.69, 9.17) is 0 Å². The molecule has 0 spiro atoms. The monoisotopic (exact) mass is 141 g/mol. The van der Waals surface area contributed by atoms with Crippen LogP contribution < -0.4 is 5.11 Å². The highest BCUT2D eigenvalue weighted by atomic mass is 16.4. The fraction of sp³-hybridized carbons (Fsp3) is 0.625. The third-order valence-electron chi connectivity index (χ3n) is 1.03. The minimum absolute atomic E-state index is 0.0167. The Bertz CT molecular complexity index is 151. The second-order valence-electron chi connectivity index (χ2n) is 3.63. The Hall–Kier alpha value is -0.790. The zero-order valence-electron chi connectivity index (χ0n) is 6.73. The molecule has 0 saturated carbocycles. The molecule has 0 fully saturated rings. The maximum Gasteiger partial charge on any atom is 0.0669 e. The maximum atomic E-state index is 10.2. The van der Waals surface area contributed by atoms with Crippen LogP contribution in [0.1, 0.15) is 27.2 Å². The van der Waals surface area contributed by atoms with Crippen LogP contribution in [-0.2, 0) is 4.79 Å². The SMILES string of the molecule is C=C(CC(C)(C)C)C(=O)[O-]. The summed E-state index contributed by atoms with van der Waals surface area (Å²) in [6, 6.07) is 0. The van der Waals surface area contributed by atoms with Crippen molar-refractivity contribution in [2.24, 2.45) is 5.41 Å². The molecule has 0 aliphatic carbocycles. The number of hydrogen-bond acceptors (Lipinski definition) is 2. The van der Waals surface area contributed by atoms with Gasteiger partial charge in [0.2, 0.25) is 0 Å². The molecule has 10 heavy (non-hydrogen) atoms. The molecule has 0 heterocycles. The number of carbonyl (C=O) groups is 1. The van der Waals surface area contributed by atoms with Gasteiger partial charge in [0, 0.05) is 0 Å². The van der Waals surface area contributed by atoms with E-state index in [0.29, 0.717) is 6.42 Å². The van der Waals surface area contributed by atoms with Crippen molar-refractivity contribution in [3.05, 3.63) is 12.2 Å². The molecule has 0 radical (unpaired) electrons. The van der Waals surface area contributed by atoms with Crippen LogP contribution in [0.3, 0.4) is 0 Å². The number of hydrogen-bond donors (Lipinski definition) is 0. The summed E-state index contributed by atoms with van der Waals surface area (Å²) in [5.74, 6) is -1.14. The first-order chi connectivity index (χ1) is 4.33. The van der Waals surface area contributed by atoms with Gasteiger partial charge in [-0.15, -0.1) is 0 Å². The van der Waals surface area contributed by atoms with Gasteiger partial charge >= 0.3 is 0 Å². The zero-order chi connectivity index (χ0) is 8.36. The second-order valence-corrected chi connectivity index (χ2v) is 3.63. The lowest BCUT2D eigenvalue weighted by atomic mass is 9.88. The Morgan fingerprint density at radius 3 is 2.00 bits per heavy atom. The van der Waals surface area contributed by atoms with Crippen LogP contribution in [0.2, 0.25) is 0 Å². The predicted molar refractivity (Wildman–Crippen MR) is 38.2 cm³/mol. The molecule has 0 aromatic heterocycles. The minimum Gasteiger partial charge on any atom is -0.545 e. The summed E-state index contributed by atoms with van der Waals surface area (Å²) in [5, 5.41) is 10.2. The summed E-state index contributed by atoms with van der Waals surface area (Å²) < 4.78 is 0. The van der Waals surface area contributed by atoms with E-state index >= 15 is 0 Å². The lowest BCUT2D eigenvalue weighted by Crippen LogP contribution is -2.26. The summed E-state index contributed by atoms with van der Waals surface area (Å²) in [6.07, 6.45) is 0.481. The normalized spacial score (nSPS) is 11.1. The van der Waals surface area contributed by atoms with Crippen LogP contribution in [0, 0.1) is 5.41 Å². The van der Waals surface area contributed by atoms with Crippen molar-refractivity contribution in [1.82, 2.24) is 0 Å². The van der Waals surface area contributed by atoms with Crippen LogP contribution in [0.25, 0.3) is 0 Å².